The van der Waals surface area contributed by atoms with E-state index in [0.717, 1.165) is 28.3 Å². The molecule has 0 unspecified atom stereocenters. The fraction of sp³-hybridized carbons (Fsp3) is 0. The van der Waals surface area contributed by atoms with Crippen molar-refractivity contribution in [3.8, 4) is 50.2 Å². The first-order valence-electron chi connectivity index (χ1n) is 23.4. The van der Waals surface area contributed by atoms with E-state index in [2.05, 4.69) is 276 Å². The smallest absolute Gasteiger partial charge is 0.0553 e. The van der Waals surface area contributed by atoms with Gasteiger partial charge in [0.2, 0.25) is 0 Å². The third-order valence-electron chi connectivity index (χ3n) is 13.7. The number of aromatic nitrogens is 1. The van der Waals surface area contributed by atoms with Gasteiger partial charge in [-0.05, 0) is 156 Å². The van der Waals surface area contributed by atoms with E-state index in [1.165, 1.54) is 93.1 Å². The van der Waals surface area contributed by atoms with Crippen LogP contribution in [0.4, 0.5) is 17.1 Å². The van der Waals surface area contributed by atoms with Crippen molar-refractivity contribution in [1.29, 1.82) is 0 Å². The Morgan fingerprint density at radius 2 is 0.750 bits per heavy atom. The van der Waals surface area contributed by atoms with Crippen LogP contribution in [0.1, 0.15) is 0 Å². The molecule has 318 valence electrons. The molecular weight excluding hydrogens is 821 g/mol. The number of anilines is 3. The van der Waals surface area contributed by atoms with Crippen molar-refractivity contribution in [3.05, 3.63) is 267 Å². The summed E-state index contributed by atoms with van der Waals surface area (Å²) in [6.07, 6.45) is 0. The second kappa shape index (κ2) is 16.5. The van der Waals surface area contributed by atoms with E-state index in [1.54, 1.807) is 0 Å². The minimum absolute atomic E-state index is 1.08. The highest BCUT2D eigenvalue weighted by molar-refractivity contribution is 6.23. The molecule has 0 fully saturated rings. The molecule has 0 aliphatic heterocycles. The monoisotopic (exact) mass is 864 g/mol. The standard InChI is InChI=1S/C66H44N2/c1-4-17-45(18-5-1)52-39-53(46-19-6-2-7-20-46)41-54(40-52)47-33-35-56(36-34-47)67(58-37-38-60-50(42-58)32-31-48-21-10-12-27-59(48)60)57-26-16-23-51(43-57)65-61-28-13-11-22-49(61)44-64-66(65)62-29-14-15-30-63(62)68(64)55-24-8-3-9-25-55/h1-44H. The average molecular weight is 865 g/mol. The van der Waals surface area contributed by atoms with Gasteiger partial charge in [-0.15, -0.1) is 0 Å². The molecule has 0 spiro atoms. The summed E-state index contributed by atoms with van der Waals surface area (Å²) >= 11 is 0. The Bertz CT molecular complexity index is 3940. The molecule has 0 saturated heterocycles. The zero-order chi connectivity index (χ0) is 45.0. The van der Waals surface area contributed by atoms with Crippen LogP contribution in [0.25, 0.3) is 104 Å². The SMILES string of the molecule is c1ccc(-c2cc(-c3ccccc3)cc(-c3ccc(N(c4cccc(-c5c6ccccc6cc6c5c5ccccc5n6-c5ccccc5)c4)c4ccc5c(ccc6ccccc65)c4)cc3)c2)cc1. The molecule has 0 radical (unpaired) electrons. The van der Waals surface area contributed by atoms with Gasteiger partial charge in [0.1, 0.15) is 0 Å². The number of fused-ring (bicyclic) bond motifs is 7. The Hall–Kier alpha value is -8.98. The fourth-order valence-electron chi connectivity index (χ4n) is 10.5. The first-order valence-corrected chi connectivity index (χ1v) is 23.4. The first kappa shape index (κ1) is 39.4. The Morgan fingerprint density at radius 3 is 1.46 bits per heavy atom. The van der Waals surface area contributed by atoms with Crippen molar-refractivity contribution in [3.63, 3.8) is 0 Å². The van der Waals surface area contributed by atoms with Gasteiger partial charge >= 0.3 is 0 Å². The Morgan fingerprint density at radius 1 is 0.250 bits per heavy atom. The quantitative estimate of drug-likeness (QED) is 0.138. The minimum atomic E-state index is 1.08. The number of benzene rings is 12. The molecule has 2 nitrogen and oxygen atoms in total. The maximum atomic E-state index is 2.43. The van der Waals surface area contributed by atoms with Gasteiger partial charge in [0, 0.05) is 33.5 Å². The summed E-state index contributed by atoms with van der Waals surface area (Å²) in [5.41, 5.74) is 16.3. The molecule has 13 rings (SSSR count). The molecule has 0 amide bonds. The fourth-order valence-corrected chi connectivity index (χ4v) is 10.5. The van der Waals surface area contributed by atoms with Gasteiger partial charge in [0.05, 0.1) is 11.0 Å². The van der Waals surface area contributed by atoms with Gasteiger partial charge < -0.3 is 9.47 Å². The number of hydrogen-bond donors (Lipinski definition) is 0. The lowest BCUT2D eigenvalue weighted by atomic mass is 9.92. The second-order valence-electron chi connectivity index (χ2n) is 17.7. The first-order chi connectivity index (χ1) is 33.7. The highest BCUT2D eigenvalue weighted by atomic mass is 15.1. The zero-order valence-electron chi connectivity index (χ0n) is 37.3. The van der Waals surface area contributed by atoms with E-state index >= 15 is 0 Å². The summed E-state index contributed by atoms with van der Waals surface area (Å²) in [6, 6.07) is 97.6. The predicted molar refractivity (Wildman–Crippen MR) is 290 cm³/mol. The van der Waals surface area contributed by atoms with Crippen LogP contribution < -0.4 is 4.90 Å². The predicted octanol–water partition coefficient (Wildman–Crippen LogP) is 18.4. The van der Waals surface area contributed by atoms with Crippen LogP contribution in [0, 0.1) is 0 Å². The van der Waals surface area contributed by atoms with Gasteiger partial charge in [-0.1, -0.05) is 188 Å². The molecule has 1 aromatic heterocycles. The average Bonchev–Trinajstić information content (AvgIpc) is 3.74. The highest BCUT2D eigenvalue weighted by Crippen LogP contribution is 2.46. The van der Waals surface area contributed by atoms with Crippen LogP contribution in [0.2, 0.25) is 0 Å². The van der Waals surface area contributed by atoms with Crippen molar-refractivity contribution in [1.82, 2.24) is 4.57 Å². The summed E-state index contributed by atoms with van der Waals surface area (Å²) in [5.74, 6) is 0. The van der Waals surface area contributed by atoms with Gasteiger partial charge in [0.25, 0.3) is 0 Å². The molecule has 0 aliphatic carbocycles. The Kier molecular flexibility index (Phi) is 9.54. The van der Waals surface area contributed by atoms with E-state index in [1.807, 2.05) is 0 Å². The van der Waals surface area contributed by atoms with E-state index < -0.39 is 0 Å². The normalized spacial score (nSPS) is 11.5. The highest BCUT2D eigenvalue weighted by Gasteiger charge is 2.21. The number of para-hydroxylation sites is 2. The molecule has 12 aromatic carbocycles. The van der Waals surface area contributed by atoms with Gasteiger partial charge in [0.15, 0.2) is 0 Å². The van der Waals surface area contributed by atoms with Crippen LogP contribution in [-0.2, 0) is 0 Å². The molecule has 0 N–H and O–H groups in total. The second-order valence-corrected chi connectivity index (χ2v) is 17.7. The van der Waals surface area contributed by atoms with Crippen molar-refractivity contribution < 1.29 is 0 Å². The van der Waals surface area contributed by atoms with E-state index in [0.29, 0.717) is 0 Å². The van der Waals surface area contributed by atoms with Crippen LogP contribution in [-0.4, -0.2) is 4.57 Å². The van der Waals surface area contributed by atoms with Crippen molar-refractivity contribution in [2.45, 2.75) is 0 Å². The maximum Gasteiger partial charge on any atom is 0.0553 e. The van der Waals surface area contributed by atoms with Gasteiger partial charge in [-0.2, -0.15) is 0 Å². The van der Waals surface area contributed by atoms with Crippen molar-refractivity contribution >= 4 is 71.2 Å². The van der Waals surface area contributed by atoms with Crippen LogP contribution >= 0.6 is 0 Å². The van der Waals surface area contributed by atoms with Crippen LogP contribution in [0.3, 0.4) is 0 Å². The lowest BCUT2D eigenvalue weighted by molar-refractivity contribution is 1.18. The molecule has 1 heterocycles. The molecule has 0 atom stereocenters. The summed E-state index contributed by atoms with van der Waals surface area (Å²) in [5, 5.41) is 9.88. The van der Waals surface area contributed by atoms with Gasteiger partial charge in [-0.3, -0.25) is 0 Å². The molecular formula is C66H44N2. The molecule has 0 bridgehead atoms. The number of rotatable bonds is 8. The number of nitrogens with zero attached hydrogens (tertiary/aromatic N) is 2. The van der Waals surface area contributed by atoms with Crippen molar-refractivity contribution in [2.75, 3.05) is 4.90 Å². The maximum absolute atomic E-state index is 2.43. The zero-order valence-corrected chi connectivity index (χ0v) is 37.3. The molecule has 13 aromatic rings. The van der Waals surface area contributed by atoms with E-state index in [9.17, 15) is 0 Å². The van der Waals surface area contributed by atoms with E-state index in [4.69, 9.17) is 0 Å². The molecule has 2 heteroatoms. The summed E-state index contributed by atoms with van der Waals surface area (Å²) in [4.78, 5) is 2.42. The largest absolute Gasteiger partial charge is 0.310 e. The molecule has 68 heavy (non-hydrogen) atoms. The van der Waals surface area contributed by atoms with Crippen molar-refractivity contribution in [2.24, 2.45) is 0 Å². The minimum Gasteiger partial charge on any atom is -0.310 e. The van der Waals surface area contributed by atoms with Crippen LogP contribution in [0.5, 0.6) is 0 Å². The Labute approximate surface area is 395 Å². The topological polar surface area (TPSA) is 8.17 Å². The lowest BCUT2D eigenvalue weighted by Crippen LogP contribution is -2.10. The van der Waals surface area contributed by atoms with Gasteiger partial charge in [-0.25, -0.2) is 0 Å². The molecule has 0 saturated carbocycles. The van der Waals surface area contributed by atoms with Crippen LogP contribution in [0.15, 0.2) is 267 Å². The molecule has 0 aliphatic rings. The Balaban J connectivity index is 1.00. The summed E-state index contributed by atoms with van der Waals surface area (Å²) in [7, 11) is 0. The summed E-state index contributed by atoms with van der Waals surface area (Å²) in [6.45, 7) is 0. The number of hydrogen-bond acceptors (Lipinski definition) is 1. The summed E-state index contributed by atoms with van der Waals surface area (Å²) < 4.78 is 2.43. The lowest BCUT2D eigenvalue weighted by Gasteiger charge is -2.27. The third-order valence-corrected chi connectivity index (χ3v) is 13.7. The third kappa shape index (κ3) is 6.82. The van der Waals surface area contributed by atoms with E-state index in [-0.39, 0.29) is 0 Å².